The van der Waals surface area contributed by atoms with E-state index in [1.807, 2.05) is 0 Å². The predicted octanol–water partition coefficient (Wildman–Crippen LogP) is 3.18. The van der Waals surface area contributed by atoms with Crippen LogP contribution in [0.5, 0.6) is 11.5 Å². The van der Waals surface area contributed by atoms with Gasteiger partial charge in [0.2, 0.25) is 5.91 Å². The number of carboxylic acid groups (broad SMARTS) is 1. The monoisotopic (exact) mass is 406 g/mol. The summed E-state index contributed by atoms with van der Waals surface area (Å²) >= 11 is 1.29. The van der Waals surface area contributed by atoms with Crippen molar-refractivity contribution in [2.75, 3.05) is 25.3 Å². The maximum atomic E-state index is 12.2. The number of carboxylic acids is 1. The van der Waals surface area contributed by atoms with Crippen molar-refractivity contribution in [2.24, 2.45) is 0 Å². The van der Waals surface area contributed by atoms with Crippen molar-refractivity contribution in [1.29, 1.82) is 0 Å². The summed E-state index contributed by atoms with van der Waals surface area (Å²) in [6.45, 7) is 0. The number of nitrogens with zero attached hydrogens (tertiary/aromatic N) is 1. The number of amides is 1. The summed E-state index contributed by atoms with van der Waals surface area (Å²) in [5.74, 6) is -0.517. The van der Waals surface area contributed by atoms with Gasteiger partial charge in [-0.2, -0.15) is 0 Å². The summed E-state index contributed by atoms with van der Waals surface area (Å²) in [6.07, 6.45) is 0. The Balaban J connectivity index is 2.00. The number of rotatable bonds is 9. The molecule has 2 aromatic carbocycles. The van der Waals surface area contributed by atoms with Crippen molar-refractivity contribution >= 4 is 35.0 Å². The second-order valence-corrected chi connectivity index (χ2v) is 6.51. The van der Waals surface area contributed by atoms with Crippen molar-refractivity contribution in [1.82, 2.24) is 0 Å². The maximum Gasteiger partial charge on any atom is 0.337 e. The molecule has 0 aromatic heterocycles. The molecule has 2 rings (SSSR count). The molecule has 0 atom stereocenters. The molecule has 0 bridgehead atoms. The number of hydrogen-bond acceptors (Lipinski definition) is 7. The average Bonchev–Trinajstić information content (AvgIpc) is 2.67. The number of aromatic carboxylic acids is 1. The van der Waals surface area contributed by atoms with Gasteiger partial charge >= 0.3 is 5.97 Å². The van der Waals surface area contributed by atoms with Gasteiger partial charge in [0.15, 0.2) is 11.5 Å². The number of non-ortho nitro benzene ring substituents is 1. The van der Waals surface area contributed by atoms with Crippen LogP contribution in [0, 0.1) is 10.1 Å². The minimum absolute atomic E-state index is 0.00106. The number of methoxy groups -OCH3 is 2. The minimum Gasteiger partial charge on any atom is -0.493 e. The zero-order valence-electron chi connectivity index (χ0n) is 15.1. The lowest BCUT2D eigenvalue weighted by Gasteiger charge is -2.13. The molecule has 0 saturated carbocycles. The average molecular weight is 406 g/mol. The molecule has 28 heavy (non-hydrogen) atoms. The summed E-state index contributed by atoms with van der Waals surface area (Å²) in [4.78, 5) is 33.8. The Bertz CT molecular complexity index is 884. The highest BCUT2D eigenvalue weighted by Gasteiger charge is 2.18. The summed E-state index contributed by atoms with van der Waals surface area (Å²) in [5.41, 5.74) is 0.819. The van der Waals surface area contributed by atoms with Crippen molar-refractivity contribution in [3.8, 4) is 11.5 Å². The van der Waals surface area contributed by atoms with Crippen LogP contribution in [-0.2, 0) is 10.5 Å². The Morgan fingerprint density at radius 2 is 1.75 bits per heavy atom. The number of thioether (sulfide) groups is 1. The van der Waals surface area contributed by atoms with Crippen molar-refractivity contribution < 1.29 is 29.1 Å². The van der Waals surface area contributed by atoms with Crippen LogP contribution in [0.25, 0.3) is 0 Å². The van der Waals surface area contributed by atoms with E-state index in [2.05, 4.69) is 5.32 Å². The van der Waals surface area contributed by atoms with Crippen LogP contribution in [0.4, 0.5) is 11.4 Å². The van der Waals surface area contributed by atoms with Crippen LogP contribution >= 0.6 is 11.8 Å². The molecule has 148 valence electrons. The Hall–Kier alpha value is -3.27. The Morgan fingerprint density at radius 3 is 2.29 bits per heavy atom. The Morgan fingerprint density at radius 1 is 1.14 bits per heavy atom. The largest absolute Gasteiger partial charge is 0.493 e. The van der Waals surface area contributed by atoms with E-state index in [-0.39, 0.29) is 34.3 Å². The second-order valence-electron chi connectivity index (χ2n) is 5.52. The molecule has 0 unspecified atom stereocenters. The molecule has 0 aliphatic carbocycles. The van der Waals surface area contributed by atoms with Crippen LogP contribution in [-0.4, -0.2) is 41.9 Å². The number of carbonyl (C=O) groups is 2. The summed E-state index contributed by atoms with van der Waals surface area (Å²) in [5, 5.41) is 22.5. The van der Waals surface area contributed by atoms with E-state index in [4.69, 9.17) is 9.47 Å². The second kappa shape index (κ2) is 9.60. The van der Waals surface area contributed by atoms with Gasteiger partial charge in [0.25, 0.3) is 5.69 Å². The highest BCUT2D eigenvalue weighted by atomic mass is 32.2. The van der Waals surface area contributed by atoms with Crippen LogP contribution in [0.2, 0.25) is 0 Å². The third-order valence-corrected chi connectivity index (χ3v) is 4.68. The van der Waals surface area contributed by atoms with Gasteiger partial charge in [-0.15, -0.1) is 11.8 Å². The van der Waals surface area contributed by atoms with Gasteiger partial charge in [-0.1, -0.05) is 12.1 Å². The molecule has 0 fully saturated rings. The lowest BCUT2D eigenvalue weighted by atomic mass is 10.1. The van der Waals surface area contributed by atoms with Gasteiger partial charge in [0, 0.05) is 30.0 Å². The first-order chi connectivity index (χ1) is 13.3. The van der Waals surface area contributed by atoms with E-state index in [1.165, 1.54) is 50.2 Å². The van der Waals surface area contributed by atoms with Gasteiger partial charge < -0.3 is 19.9 Å². The summed E-state index contributed by atoms with van der Waals surface area (Å²) < 4.78 is 10.2. The Labute approximate surface area is 164 Å². The van der Waals surface area contributed by atoms with E-state index >= 15 is 0 Å². The smallest absolute Gasteiger partial charge is 0.337 e. The number of nitro benzene ring substituents is 1. The molecule has 0 radical (unpaired) electrons. The SMILES string of the molecule is COc1cc(NC(=O)CSCc2ccc([N+](=O)[O-])cc2)c(C(=O)O)cc1OC. The van der Waals surface area contributed by atoms with E-state index in [1.54, 1.807) is 12.1 Å². The fraction of sp³-hybridized carbons (Fsp3) is 0.222. The fourth-order valence-corrected chi connectivity index (χ4v) is 3.11. The van der Waals surface area contributed by atoms with Gasteiger partial charge in [0.05, 0.1) is 36.1 Å². The fourth-order valence-electron chi connectivity index (χ4n) is 2.32. The first kappa shape index (κ1) is 21.0. The molecule has 0 heterocycles. The lowest BCUT2D eigenvalue weighted by molar-refractivity contribution is -0.384. The minimum atomic E-state index is -1.21. The molecule has 1 amide bonds. The van der Waals surface area contributed by atoms with Crippen molar-refractivity contribution in [3.05, 3.63) is 57.6 Å². The number of benzene rings is 2. The third kappa shape index (κ3) is 5.36. The number of anilines is 1. The molecular weight excluding hydrogens is 388 g/mol. The van der Waals surface area contributed by atoms with E-state index < -0.39 is 10.9 Å². The Kier molecular flexibility index (Phi) is 7.21. The van der Waals surface area contributed by atoms with Crippen molar-refractivity contribution in [3.63, 3.8) is 0 Å². The first-order valence-corrected chi connectivity index (χ1v) is 9.11. The molecule has 0 spiro atoms. The molecule has 0 saturated heterocycles. The van der Waals surface area contributed by atoms with Crippen LogP contribution in [0.15, 0.2) is 36.4 Å². The predicted molar refractivity (Wildman–Crippen MR) is 104 cm³/mol. The number of carbonyl (C=O) groups excluding carboxylic acids is 1. The summed E-state index contributed by atoms with van der Waals surface area (Å²) in [7, 11) is 2.79. The summed E-state index contributed by atoms with van der Waals surface area (Å²) in [6, 6.07) is 8.72. The maximum absolute atomic E-state index is 12.2. The van der Waals surface area contributed by atoms with E-state index in [9.17, 15) is 24.8 Å². The molecule has 10 heteroatoms. The molecule has 9 nitrogen and oxygen atoms in total. The van der Waals surface area contributed by atoms with Crippen molar-refractivity contribution in [2.45, 2.75) is 5.75 Å². The lowest BCUT2D eigenvalue weighted by Crippen LogP contribution is -2.17. The zero-order chi connectivity index (χ0) is 20.7. The van der Waals surface area contributed by atoms with Gasteiger partial charge in [-0.3, -0.25) is 14.9 Å². The highest BCUT2D eigenvalue weighted by molar-refractivity contribution is 7.99. The van der Waals surface area contributed by atoms with E-state index in [0.29, 0.717) is 11.5 Å². The number of hydrogen-bond donors (Lipinski definition) is 2. The first-order valence-electron chi connectivity index (χ1n) is 7.96. The molecule has 0 aliphatic heterocycles. The quantitative estimate of drug-likeness (QED) is 0.480. The van der Waals surface area contributed by atoms with E-state index in [0.717, 1.165) is 5.56 Å². The van der Waals surface area contributed by atoms with Crippen LogP contribution < -0.4 is 14.8 Å². The standard InChI is InChI=1S/C18H18N2O7S/c1-26-15-7-13(18(22)23)14(8-16(15)27-2)19-17(21)10-28-9-11-3-5-12(6-4-11)20(24)25/h3-8H,9-10H2,1-2H3,(H,19,21)(H,22,23). The zero-order valence-corrected chi connectivity index (χ0v) is 15.9. The third-order valence-electron chi connectivity index (χ3n) is 3.68. The molecule has 2 aromatic rings. The number of ether oxygens (including phenoxy) is 2. The molecular formula is C18H18N2O7S. The van der Waals surface area contributed by atoms with Crippen LogP contribution in [0.3, 0.4) is 0 Å². The van der Waals surface area contributed by atoms with Gasteiger partial charge in [-0.05, 0) is 5.56 Å². The molecule has 0 aliphatic rings. The van der Waals surface area contributed by atoms with Crippen LogP contribution in [0.1, 0.15) is 15.9 Å². The topological polar surface area (TPSA) is 128 Å². The number of nitrogens with one attached hydrogen (secondary N) is 1. The number of nitro groups is 1. The normalized spacial score (nSPS) is 10.2. The van der Waals surface area contributed by atoms with Gasteiger partial charge in [0.1, 0.15) is 0 Å². The molecule has 2 N–H and O–H groups in total. The highest BCUT2D eigenvalue weighted by Crippen LogP contribution is 2.33. The van der Waals surface area contributed by atoms with Gasteiger partial charge in [-0.25, -0.2) is 4.79 Å².